The van der Waals surface area contributed by atoms with Crippen LogP contribution in [0.25, 0.3) is 5.57 Å². The third kappa shape index (κ3) is 2.86. The molecule has 0 aromatic heterocycles. The molecule has 0 bridgehead atoms. The van der Waals surface area contributed by atoms with Gasteiger partial charge in [0.15, 0.2) is 0 Å². The van der Waals surface area contributed by atoms with Gasteiger partial charge in [0.25, 0.3) is 5.91 Å². The summed E-state index contributed by atoms with van der Waals surface area (Å²) >= 11 is 0. The van der Waals surface area contributed by atoms with Crippen molar-refractivity contribution in [1.29, 1.82) is 5.26 Å². The van der Waals surface area contributed by atoms with Crippen LogP contribution in [0.15, 0.2) is 53.5 Å². The van der Waals surface area contributed by atoms with Gasteiger partial charge in [-0.15, -0.1) is 0 Å². The summed E-state index contributed by atoms with van der Waals surface area (Å²) in [6.07, 6.45) is 4.79. The highest BCUT2D eigenvalue weighted by atomic mass is 16.1. The highest BCUT2D eigenvalue weighted by molar-refractivity contribution is 5.90. The van der Waals surface area contributed by atoms with Crippen molar-refractivity contribution in [3.05, 3.63) is 70.2 Å². The normalized spacial score (nSPS) is 21.0. The quantitative estimate of drug-likeness (QED) is 0.860. The number of carbonyl (C=O) groups excluding carboxylic acids is 1. The van der Waals surface area contributed by atoms with Gasteiger partial charge < -0.3 is 0 Å². The van der Waals surface area contributed by atoms with Crippen LogP contribution in [0.5, 0.6) is 0 Å². The molecular formula is C23H22N2O. The fraction of sp³-hybridized carbons (Fsp3) is 0.348. The molecular weight excluding hydrogens is 320 g/mol. The molecule has 1 saturated carbocycles. The summed E-state index contributed by atoms with van der Waals surface area (Å²) in [5, 5.41) is 11.7. The lowest BCUT2D eigenvalue weighted by molar-refractivity contribution is -0.120. The zero-order chi connectivity index (χ0) is 18.1. The van der Waals surface area contributed by atoms with Crippen molar-refractivity contribution in [3.63, 3.8) is 0 Å². The van der Waals surface area contributed by atoms with Crippen molar-refractivity contribution in [3.8, 4) is 6.07 Å². The molecule has 1 fully saturated rings. The second-order valence-electron chi connectivity index (χ2n) is 7.61. The van der Waals surface area contributed by atoms with Gasteiger partial charge in [-0.1, -0.05) is 48.9 Å². The van der Waals surface area contributed by atoms with Crippen LogP contribution in [-0.2, 0) is 16.6 Å². The first-order chi connectivity index (χ1) is 12.6. The average Bonchev–Trinajstić information content (AvgIpc) is 2.68. The van der Waals surface area contributed by atoms with Crippen molar-refractivity contribution >= 4 is 11.5 Å². The van der Waals surface area contributed by atoms with Crippen molar-refractivity contribution in [1.82, 2.24) is 0 Å². The van der Waals surface area contributed by atoms with Crippen LogP contribution in [0, 0.1) is 17.2 Å². The monoisotopic (exact) mass is 342 g/mol. The van der Waals surface area contributed by atoms with Gasteiger partial charge in [-0.05, 0) is 55.4 Å². The van der Waals surface area contributed by atoms with E-state index in [1.807, 2.05) is 43.3 Å². The Morgan fingerprint density at radius 1 is 1.19 bits per heavy atom. The summed E-state index contributed by atoms with van der Waals surface area (Å²) < 4.78 is 0. The smallest absolute Gasteiger partial charge is 0.253 e. The molecule has 2 aliphatic rings. The van der Waals surface area contributed by atoms with Crippen LogP contribution in [-0.4, -0.2) is 5.91 Å². The predicted octanol–water partition coefficient (Wildman–Crippen LogP) is 3.21. The van der Waals surface area contributed by atoms with E-state index in [1.54, 1.807) is 0 Å². The van der Waals surface area contributed by atoms with E-state index < -0.39 is 5.41 Å². The van der Waals surface area contributed by atoms with Crippen LogP contribution in [0.4, 0.5) is 0 Å². The van der Waals surface area contributed by atoms with Crippen molar-refractivity contribution in [2.24, 2.45) is 10.9 Å². The molecule has 1 heterocycles. The summed E-state index contributed by atoms with van der Waals surface area (Å²) in [6.45, 7) is 1.96. The van der Waals surface area contributed by atoms with Crippen molar-refractivity contribution < 1.29 is 4.79 Å². The molecule has 0 N–H and O–H groups in total. The molecule has 2 aromatic rings. The molecule has 4 rings (SSSR count). The standard InChI is InChI=1S/C23H22N2O/c1-23(15-24,14-16-7-3-2-4-8-16)17-11-12-19-18-9-5-6-10-20(18)22(26)25-21(19)13-17/h2-4,7-8,11-13,20H,5-6,9-10,14H2,1H3/t20?,23-/m0/s1. The number of carbonyl (C=O) groups is 1. The molecule has 0 spiro atoms. The largest absolute Gasteiger partial charge is 0.272 e. The summed E-state index contributed by atoms with van der Waals surface area (Å²) in [5.74, 6) is -0.0279. The maximum Gasteiger partial charge on any atom is 0.253 e. The Bertz CT molecular complexity index is 1020. The van der Waals surface area contributed by atoms with Crippen LogP contribution in [0.2, 0.25) is 0 Å². The summed E-state index contributed by atoms with van der Waals surface area (Å²) in [5.41, 5.74) is 2.65. The topological polar surface area (TPSA) is 53.2 Å². The minimum Gasteiger partial charge on any atom is -0.272 e. The fourth-order valence-corrected chi connectivity index (χ4v) is 4.25. The number of hydrogen-bond acceptors (Lipinski definition) is 2. The van der Waals surface area contributed by atoms with E-state index in [1.165, 1.54) is 5.57 Å². The molecule has 1 amide bonds. The van der Waals surface area contributed by atoms with Crippen LogP contribution in [0.1, 0.15) is 43.7 Å². The number of fused-ring (bicyclic) bond motifs is 2. The van der Waals surface area contributed by atoms with Gasteiger partial charge in [0, 0.05) is 5.22 Å². The average molecular weight is 342 g/mol. The maximum absolute atomic E-state index is 12.5. The van der Waals surface area contributed by atoms with Gasteiger partial charge in [-0.25, -0.2) is 4.99 Å². The number of benzene rings is 2. The second kappa shape index (κ2) is 6.53. The van der Waals surface area contributed by atoms with Gasteiger partial charge in [0.2, 0.25) is 0 Å². The maximum atomic E-state index is 12.5. The Labute approximate surface area is 153 Å². The van der Waals surface area contributed by atoms with Gasteiger partial charge in [-0.3, -0.25) is 4.79 Å². The molecule has 1 unspecified atom stereocenters. The lowest BCUT2D eigenvalue weighted by Gasteiger charge is -2.26. The SMILES string of the molecule is C[C@@](C#N)(Cc1ccccc1)c1ccc2c(c1)=NC(=O)C1CCCCC=21. The van der Waals surface area contributed by atoms with Gasteiger partial charge >= 0.3 is 0 Å². The lowest BCUT2D eigenvalue weighted by atomic mass is 9.77. The van der Waals surface area contributed by atoms with E-state index in [0.717, 1.165) is 47.4 Å². The Morgan fingerprint density at radius 2 is 2.00 bits per heavy atom. The predicted molar refractivity (Wildman–Crippen MR) is 101 cm³/mol. The molecule has 1 aliphatic carbocycles. The molecule has 3 nitrogen and oxygen atoms in total. The number of nitrogens with zero attached hydrogens (tertiary/aromatic N) is 2. The lowest BCUT2D eigenvalue weighted by Crippen LogP contribution is -2.40. The third-order valence-electron chi connectivity index (χ3n) is 5.77. The Balaban J connectivity index is 1.80. The number of hydrogen-bond donors (Lipinski definition) is 0. The Hall–Kier alpha value is -2.73. The minimum absolute atomic E-state index is 0.00827. The minimum atomic E-state index is -0.650. The number of amides is 1. The summed E-state index contributed by atoms with van der Waals surface area (Å²) in [4.78, 5) is 16.8. The molecule has 0 radical (unpaired) electrons. The second-order valence-corrected chi connectivity index (χ2v) is 7.61. The molecule has 2 atom stereocenters. The molecule has 2 aromatic carbocycles. The molecule has 0 saturated heterocycles. The fourth-order valence-electron chi connectivity index (χ4n) is 4.25. The molecule has 1 aliphatic heterocycles. The van der Waals surface area contributed by atoms with E-state index in [0.29, 0.717) is 6.42 Å². The van der Waals surface area contributed by atoms with Crippen LogP contribution >= 0.6 is 0 Å². The van der Waals surface area contributed by atoms with Crippen LogP contribution in [0.3, 0.4) is 0 Å². The zero-order valence-corrected chi connectivity index (χ0v) is 15.0. The number of nitriles is 1. The highest BCUT2D eigenvalue weighted by Crippen LogP contribution is 2.32. The van der Waals surface area contributed by atoms with E-state index in [9.17, 15) is 10.1 Å². The van der Waals surface area contributed by atoms with E-state index in [-0.39, 0.29) is 11.8 Å². The Kier molecular flexibility index (Phi) is 4.20. The third-order valence-corrected chi connectivity index (χ3v) is 5.77. The van der Waals surface area contributed by atoms with Crippen molar-refractivity contribution in [2.45, 2.75) is 44.4 Å². The van der Waals surface area contributed by atoms with E-state index in [2.05, 4.69) is 23.2 Å². The Morgan fingerprint density at radius 3 is 2.77 bits per heavy atom. The van der Waals surface area contributed by atoms with Gasteiger partial charge in [-0.2, -0.15) is 5.26 Å². The first kappa shape index (κ1) is 16.7. The summed E-state index contributed by atoms with van der Waals surface area (Å²) in [6, 6.07) is 18.6. The van der Waals surface area contributed by atoms with E-state index >= 15 is 0 Å². The molecule has 3 heteroatoms. The van der Waals surface area contributed by atoms with Gasteiger partial charge in [0.1, 0.15) is 0 Å². The summed E-state index contributed by atoms with van der Waals surface area (Å²) in [7, 11) is 0. The number of rotatable bonds is 3. The highest BCUT2D eigenvalue weighted by Gasteiger charge is 2.31. The molecule has 26 heavy (non-hydrogen) atoms. The van der Waals surface area contributed by atoms with Crippen molar-refractivity contribution in [2.75, 3.05) is 0 Å². The zero-order valence-electron chi connectivity index (χ0n) is 15.0. The first-order valence-electron chi connectivity index (χ1n) is 9.32. The van der Waals surface area contributed by atoms with Crippen LogP contribution < -0.4 is 10.6 Å². The molecule has 130 valence electrons. The van der Waals surface area contributed by atoms with Gasteiger partial charge in [0.05, 0.1) is 22.8 Å². The van der Waals surface area contributed by atoms with E-state index in [4.69, 9.17) is 0 Å². The first-order valence-corrected chi connectivity index (χ1v) is 9.32.